The number of nitrogens with zero attached hydrogens (tertiary/aromatic N) is 3. The summed E-state index contributed by atoms with van der Waals surface area (Å²) < 4.78 is 23.2. The molecule has 0 spiro atoms. The van der Waals surface area contributed by atoms with E-state index in [1.807, 2.05) is 0 Å². The third-order valence-corrected chi connectivity index (χ3v) is 8.42. The van der Waals surface area contributed by atoms with Crippen LogP contribution in [0.1, 0.15) is 13.8 Å². The normalized spacial score (nSPS) is 32.6. The Bertz CT molecular complexity index is 822. The lowest BCUT2D eigenvalue weighted by Gasteiger charge is -2.29. The molecule has 0 aliphatic carbocycles. The third-order valence-electron chi connectivity index (χ3n) is 6.81. The van der Waals surface area contributed by atoms with Gasteiger partial charge in [0.05, 0.1) is 11.5 Å². The molecular weight excluding hydrogens is 366 g/mol. The van der Waals surface area contributed by atoms with Crippen molar-refractivity contribution in [2.24, 2.45) is 10.8 Å². The molecule has 0 aromatic heterocycles. The van der Waals surface area contributed by atoms with Crippen molar-refractivity contribution in [3.05, 3.63) is 24.3 Å². The van der Waals surface area contributed by atoms with Crippen molar-refractivity contribution in [2.75, 3.05) is 60.6 Å². The molecule has 0 bridgehead atoms. The molecule has 1 N–H and O–H groups in total. The summed E-state index contributed by atoms with van der Waals surface area (Å²) in [6, 6.07) is 8.33. The van der Waals surface area contributed by atoms with Gasteiger partial charge in [-0.3, -0.25) is 0 Å². The Morgan fingerprint density at radius 2 is 1.33 bits per heavy atom. The van der Waals surface area contributed by atoms with Gasteiger partial charge in [-0.1, -0.05) is 13.8 Å². The lowest BCUT2D eigenvalue weighted by Crippen LogP contribution is -2.40. The van der Waals surface area contributed by atoms with E-state index >= 15 is 0 Å². The van der Waals surface area contributed by atoms with Gasteiger partial charge >= 0.3 is 6.09 Å². The summed E-state index contributed by atoms with van der Waals surface area (Å²) in [5.74, 6) is 0.440. The van der Waals surface area contributed by atoms with Crippen LogP contribution in [0.5, 0.6) is 0 Å². The highest BCUT2D eigenvalue weighted by atomic mass is 32.2. The summed E-state index contributed by atoms with van der Waals surface area (Å²) in [7, 11) is -2.87. The molecule has 3 aliphatic heterocycles. The Balaban J connectivity index is 1.46. The number of carbonyl (C=O) groups is 1. The zero-order chi connectivity index (χ0) is 19.4. The molecule has 0 radical (unpaired) electrons. The Hall–Kier alpha value is -1.96. The van der Waals surface area contributed by atoms with Gasteiger partial charge in [0, 0.05) is 61.5 Å². The largest absolute Gasteiger partial charge is 0.465 e. The van der Waals surface area contributed by atoms with Crippen molar-refractivity contribution in [3.63, 3.8) is 0 Å². The van der Waals surface area contributed by atoms with Crippen molar-refractivity contribution in [1.82, 2.24) is 4.90 Å². The van der Waals surface area contributed by atoms with Gasteiger partial charge in [0.15, 0.2) is 9.84 Å². The van der Waals surface area contributed by atoms with Crippen LogP contribution in [0.3, 0.4) is 0 Å². The summed E-state index contributed by atoms with van der Waals surface area (Å²) in [5.41, 5.74) is 2.10. The smallest absolute Gasteiger partial charge is 0.407 e. The Kier molecular flexibility index (Phi) is 4.10. The number of rotatable bonds is 2. The molecule has 3 heterocycles. The van der Waals surface area contributed by atoms with Gasteiger partial charge in [-0.2, -0.15) is 0 Å². The molecule has 3 aliphatic rings. The molecule has 1 aromatic carbocycles. The van der Waals surface area contributed by atoms with Crippen molar-refractivity contribution < 1.29 is 18.3 Å². The predicted molar refractivity (Wildman–Crippen MR) is 105 cm³/mol. The average molecular weight is 394 g/mol. The summed E-state index contributed by atoms with van der Waals surface area (Å²) in [6.45, 7) is 8.32. The second kappa shape index (κ2) is 6.02. The maximum absolute atomic E-state index is 11.6. The predicted octanol–water partition coefficient (Wildman–Crippen LogP) is 1.75. The monoisotopic (exact) mass is 393 g/mol. The number of hydrogen-bond acceptors (Lipinski definition) is 5. The maximum atomic E-state index is 11.6. The number of sulfone groups is 1. The molecule has 0 saturated carbocycles. The molecule has 8 heteroatoms. The zero-order valence-corrected chi connectivity index (χ0v) is 16.7. The van der Waals surface area contributed by atoms with E-state index in [1.165, 1.54) is 0 Å². The van der Waals surface area contributed by atoms with E-state index < -0.39 is 15.9 Å². The number of amides is 1. The van der Waals surface area contributed by atoms with Gasteiger partial charge in [-0.25, -0.2) is 13.2 Å². The summed E-state index contributed by atoms with van der Waals surface area (Å²) >= 11 is 0. The fraction of sp³-hybridized carbons (Fsp3) is 0.632. The van der Waals surface area contributed by atoms with Crippen LogP contribution in [-0.4, -0.2) is 75.3 Å². The van der Waals surface area contributed by atoms with Gasteiger partial charge in [0.25, 0.3) is 0 Å². The molecule has 4 rings (SSSR count). The van der Waals surface area contributed by atoms with Gasteiger partial charge in [-0.05, 0) is 24.3 Å². The molecule has 1 amide bonds. The molecule has 27 heavy (non-hydrogen) atoms. The lowest BCUT2D eigenvalue weighted by atomic mass is 9.71. The first kappa shape index (κ1) is 18.4. The number of carboxylic acid groups (broad SMARTS) is 1. The van der Waals surface area contributed by atoms with E-state index in [2.05, 4.69) is 47.9 Å². The zero-order valence-electron chi connectivity index (χ0n) is 15.9. The highest BCUT2D eigenvalue weighted by Gasteiger charge is 2.58. The summed E-state index contributed by atoms with van der Waals surface area (Å²) in [4.78, 5) is 17.4. The van der Waals surface area contributed by atoms with Crippen LogP contribution in [0.15, 0.2) is 24.3 Å². The van der Waals surface area contributed by atoms with Gasteiger partial charge < -0.3 is 19.8 Å². The standard InChI is InChI=1S/C19H27N3O4S/c1-18-11-21(12-19(18,2)14-22(13-18)17(23)24)16-5-3-15(4-6-16)20-7-9-27(25,26)10-8-20/h3-6H,7-14H2,1-2H3,(H,23,24). The molecule has 1 aromatic rings. The number of fused-ring (bicyclic) bond motifs is 1. The van der Waals surface area contributed by atoms with Crippen molar-refractivity contribution in [2.45, 2.75) is 13.8 Å². The number of likely N-dealkylation sites (tertiary alicyclic amines) is 1. The molecule has 2 unspecified atom stereocenters. The summed E-state index contributed by atoms with van der Waals surface area (Å²) in [5, 5.41) is 9.34. The first-order valence-corrected chi connectivity index (χ1v) is 11.2. The van der Waals surface area contributed by atoms with Crippen LogP contribution in [-0.2, 0) is 9.84 Å². The molecular formula is C19H27N3O4S. The van der Waals surface area contributed by atoms with Crippen LogP contribution < -0.4 is 9.80 Å². The Labute approximate surface area is 160 Å². The average Bonchev–Trinajstić information content (AvgIpc) is 3.00. The van der Waals surface area contributed by atoms with Gasteiger partial charge in [-0.15, -0.1) is 0 Å². The molecule has 3 fully saturated rings. The highest BCUT2D eigenvalue weighted by Crippen LogP contribution is 2.52. The van der Waals surface area contributed by atoms with E-state index in [1.54, 1.807) is 4.90 Å². The van der Waals surface area contributed by atoms with Crippen LogP contribution in [0, 0.1) is 10.8 Å². The van der Waals surface area contributed by atoms with Gasteiger partial charge in [0.1, 0.15) is 0 Å². The van der Waals surface area contributed by atoms with E-state index in [-0.39, 0.29) is 22.3 Å². The van der Waals surface area contributed by atoms with Crippen LogP contribution in [0.25, 0.3) is 0 Å². The van der Waals surface area contributed by atoms with Crippen LogP contribution in [0.4, 0.5) is 16.2 Å². The fourth-order valence-electron chi connectivity index (χ4n) is 4.82. The van der Waals surface area contributed by atoms with E-state index in [4.69, 9.17) is 0 Å². The summed E-state index contributed by atoms with van der Waals surface area (Å²) in [6.07, 6.45) is -0.828. The first-order valence-electron chi connectivity index (χ1n) is 9.39. The van der Waals surface area contributed by atoms with Gasteiger partial charge in [0.2, 0.25) is 0 Å². The SMILES string of the molecule is CC12CN(C(=O)O)CC1(C)CN(c1ccc(N3CCS(=O)(=O)CC3)cc1)C2. The third kappa shape index (κ3) is 3.13. The topological polar surface area (TPSA) is 81.2 Å². The lowest BCUT2D eigenvalue weighted by molar-refractivity contribution is 0.149. The number of hydrogen-bond donors (Lipinski definition) is 1. The number of anilines is 2. The molecule has 7 nitrogen and oxygen atoms in total. The first-order chi connectivity index (χ1) is 12.6. The van der Waals surface area contributed by atoms with E-state index in [0.717, 1.165) is 24.5 Å². The second-order valence-electron chi connectivity index (χ2n) is 8.77. The maximum Gasteiger partial charge on any atom is 0.407 e. The van der Waals surface area contributed by atoms with E-state index in [9.17, 15) is 18.3 Å². The minimum atomic E-state index is -2.87. The number of benzene rings is 1. The molecule has 148 valence electrons. The van der Waals surface area contributed by atoms with Crippen molar-refractivity contribution in [3.8, 4) is 0 Å². The minimum Gasteiger partial charge on any atom is -0.465 e. The Morgan fingerprint density at radius 1 is 0.889 bits per heavy atom. The van der Waals surface area contributed by atoms with Crippen molar-refractivity contribution >= 4 is 27.3 Å². The second-order valence-corrected chi connectivity index (χ2v) is 11.1. The molecule has 2 atom stereocenters. The van der Waals surface area contributed by atoms with Crippen LogP contribution >= 0.6 is 0 Å². The Morgan fingerprint density at radius 3 is 1.78 bits per heavy atom. The van der Waals surface area contributed by atoms with Crippen LogP contribution in [0.2, 0.25) is 0 Å². The van der Waals surface area contributed by atoms with Crippen molar-refractivity contribution in [1.29, 1.82) is 0 Å². The quantitative estimate of drug-likeness (QED) is 0.824. The fourth-order valence-corrected chi connectivity index (χ4v) is 6.02. The minimum absolute atomic E-state index is 0.0503. The van der Waals surface area contributed by atoms with E-state index in [0.29, 0.717) is 26.2 Å². The molecule has 3 saturated heterocycles. The highest BCUT2D eigenvalue weighted by molar-refractivity contribution is 7.91.